The third-order valence-corrected chi connectivity index (χ3v) is 9.09. The van der Waals surface area contributed by atoms with E-state index in [9.17, 15) is 9.59 Å². The Hall–Kier alpha value is -3.55. The van der Waals surface area contributed by atoms with E-state index in [1.807, 2.05) is 35.0 Å². The third-order valence-electron chi connectivity index (χ3n) is 8.76. The summed E-state index contributed by atoms with van der Waals surface area (Å²) in [6, 6.07) is 19.9. The van der Waals surface area contributed by atoms with Gasteiger partial charge < -0.3 is 10.6 Å². The van der Waals surface area contributed by atoms with E-state index >= 15 is 4.39 Å². The number of para-hydroxylation sites is 1. The minimum Gasteiger partial charge on any atom is -0.323 e. The van der Waals surface area contributed by atoms with Crippen molar-refractivity contribution < 1.29 is 14.0 Å². The van der Waals surface area contributed by atoms with E-state index in [-0.39, 0.29) is 28.8 Å². The third kappa shape index (κ3) is 4.82. The van der Waals surface area contributed by atoms with Crippen molar-refractivity contribution >= 4 is 39.9 Å². The van der Waals surface area contributed by atoms with Gasteiger partial charge in [0.25, 0.3) is 0 Å². The molecule has 4 aromatic rings. The number of amides is 1. The van der Waals surface area contributed by atoms with E-state index < -0.39 is 5.82 Å². The minimum atomic E-state index is -0.487. The average molecular weight is 559 g/mol. The van der Waals surface area contributed by atoms with Crippen LogP contribution in [0, 0.1) is 17.7 Å². The van der Waals surface area contributed by atoms with Crippen molar-refractivity contribution in [3.8, 4) is 11.1 Å². The Bertz CT molecular complexity index is 1590. The molecular weight excluding hydrogens is 527 g/mol. The van der Waals surface area contributed by atoms with Crippen LogP contribution in [0.1, 0.15) is 49.5 Å². The lowest BCUT2D eigenvalue weighted by Gasteiger charge is -2.52. The van der Waals surface area contributed by atoms with Crippen molar-refractivity contribution in [3.63, 3.8) is 0 Å². The molecule has 3 aromatic carbocycles. The number of nitrogens with zero attached hydrogens (tertiary/aromatic N) is 2. The summed E-state index contributed by atoms with van der Waals surface area (Å²) in [5.74, 6) is -0.471. The number of benzene rings is 3. The van der Waals surface area contributed by atoms with Crippen LogP contribution in [0.15, 0.2) is 66.7 Å². The van der Waals surface area contributed by atoms with Gasteiger partial charge in [-0.3, -0.25) is 14.3 Å². The molecule has 3 aliphatic carbocycles. The normalized spacial score (nSPS) is 22.0. The lowest BCUT2D eigenvalue weighted by atomic mass is 9.59. The van der Waals surface area contributed by atoms with Crippen LogP contribution >= 0.6 is 11.6 Å². The number of carbonyl (C=O) groups excluding carboxylic acids is 2. The van der Waals surface area contributed by atoms with Gasteiger partial charge in [0, 0.05) is 40.5 Å². The Morgan fingerprint density at radius 1 is 1.02 bits per heavy atom. The Morgan fingerprint density at radius 3 is 2.52 bits per heavy atom. The monoisotopic (exact) mass is 558 g/mol. The second-order valence-electron chi connectivity index (χ2n) is 11.1. The van der Waals surface area contributed by atoms with Gasteiger partial charge in [-0.2, -0.15) is 5.10 Å². The molecule has 3 saturated carbocycles. The van der Waals surface area contributed by atoms with Crippen molar-refractivity contribution in [2.24, 2.45) is 11.8 Å². The van der Waals surface area contributed by atoms with E-state index in [0.717, 1.165) is 43.0 Å². The highest BCUT2D eigenvalue weighted by Gasteiger charge is 2.50. The van der Waals surface area contributed by atoms with Crippen molar-refractivity contribution in [3.05, 3.63) is 83.3 Å². The summed E-state index contributed by atoms with van der Waals surface area (Å²) in [7, 11) is 0. The number of fused-ring (bicyclic) bond motifs is 4. The molecule has 6 nitrogen and oxygen atoms in total. The SMILES string of the molecule is CC(=O)c1nn(CCNC23CCC(CC2)CC3C(=O)Nc2cccc(-c3ccccc3Cl)c2F)c2ccccc12. The van der Waals surface area contributed by atoms with Crippen LogP contribution < -0.4 is 10.6 Å². The molecule has 1 amide bonds. The average Bonchev–Trinajstić information content (AvgIpc) is 3.34. The number of Topliss-reactive ketones (excluding diaryl/α,β-unsaturated/α-hetero) is 1. The first-order valence-electron chi connectivity index (χ1n) is 13.9. The Balaban J connectivity index is 1.20. The van der Waals surface area contributed by atoms with Crippen molar-refractivity contribution in [1.29, 1.82) is 0 Å². The summed E-state index contributed by atoms with van der Waals surface area (Å²) in [6.07, 6.45) is 4.73. The van der Waals surface area contributed by atoms with Gasteiger partial charge in [-0.1, -0.05) is 60.1 Å². The van der Waals surface area contributed by atoms with E-state index in [0.29, 0.717) is 40.9 Å². The highest BCUT2D eigenvalue weighted by atomic mass is 35.5. The predicted molar refractivity (Wildman–Crippen MR) is 156 cm³/mol. The van der Waals surface area contributed by atoms with E-state index in [1.54, 1.807) is 36.4 Å². The number of hydrogen-bond acceptors (Lipinski definition) is 4. The van der Waals surface area contributed by atoms with Gasteiger partial charge in [-0.25, -0.2) is 4.39 Å². The van der Waals surface area contributed by atoms with Crippen molar-refractivity contribution in [2.75, 3.05) is 11.9 Å². The molecule has 2 bridgehead atoms. The maximum Gasteiger partial charge on any atom is 0.229 e. The molecule has 0 radical (unpaired) electrons. The van der Waals surface area contributed by atoms with E-state index in [2.05, 4.69) is 15.7 Å². The summed E-state index contributed by atoms with van der Waals surface area (Å²) < 4.78 is 17.5. The molecule has 206 valence electrons. The molecule has 40 heavy (non-hydrogen) atoms. The predicted octanol–water partition coefficient (Wildman–Crippen LogP) is 6.88. The zero-order valence-electron chi connectivity index (χ0n) is 22.4. The number of halogens is 2. The summed E-state index contributed by atoms with van der Waals surface area (Å²) in [5.41, 5.74) is 2.15. The number of carbonyl (C=O) groups is 2. The molecule has 8 heteroatoms. The highest BCUT2D eigenvalue weighted by Crippen LogP contribution is 2.48. The van der Waals surface area contributed by atoms with E-state index in [4.69, 9.17) is 11.6 Å². The zero-order valence-corrected chi connectivity index (χ0v) is 23.2. The zero-order chi connectivity index (χ0) is 27.9. The van der Waals surface area contributed by atoms with Crippen LogP contribution in [-0.4, -0.2) is 33.6 Å². The van der Waals surface area contributed by atoms with Gasteiger partial charge in [0.15, 0.2) is 11.6 Å². The smallest absolute Gasteiger partial charge is 0.229 e. The standard InChI is InChI=1S/C32H32ClFN4O2/c1-20(39)30-24-8-3-5-12-28(24)38(37-30)18-17-35-32-15-13-21(14-16-32)19-25(32)31(40)36-27-11-6-9-23(29(27)34)22-7-2-4-10-26(22)33/h2-12,21,25,35H,13-19H2,1H3,(H,36,40). The summed E-state index contributed by atoms with van der Waals surface area (Å²) >= 11 is 6.33. The van der Waals surface area contributed by atoms with Crippen molar-refractivity contribution in [1.82, 2.24) is 15.1 Å². The van der Waals surface area contributed by atoms with Gasteiger partial charge in [0.05, 0.1) is 23.7 Å². The number of ketones is 1. The molecule has 7 rings (SSSR count). The van der Waals surface area contributed by atoms with Crippen LogP contribution in [0.2, 0.25) is 5.02 Å². The number of hydrogen-bond donors (Lipinski definition) is 2. The maximum absolute atomic E-state index is 15.6. The second-order valence-corrected chi connectivity index (χ2v) is 11.5. The summed E-state index contributed by atoms with van der Waals surface area (Å²) in [6.45, 7) is 2.71. The van der Waals surface area contributed by atoms with Gasteiger partial charge in [-0.05, 0) is 56.2 Å². The summed E-state index contributed by atoms with van der Waals surface area (Å²) in [5, 5.41) is 12.5. The lowest BCUT2D eigenvalue weighted by molar-refractivity contribution is -0.127. The molecule has 3 aliphatic rings. The molecule has 1 atom stereocenters. The minimum absolute atomic E-state index is 0.0605. The number of rotatable bonds is 8. The number of anilines is 1. The first-order chi connectivity index (χ1) is 19.4. The van der Waals surface area contributed by atoms with Gasteiger partial charge >= 0.3 is 0 Å². The lowest BCUT2D eigenvalue weighted by Crippen LogP contribution is -2.61. The Labute approximate surface area is 237 Å². The van der Waals surface area contributed by atoms with Crippen LogP contribution in [0.4, 0.5) is 10.1 Å². The fourth-order valence-electron chi connectivity index (χ4n) is 6.70. The van der Waals surface area contributed by atoms with Crippen LogP contribution in [-0.2, 0) is 11.3 Å². The number of nitrogens with one attached hydrogen (secondary N) is 2. The fourth-order valence-corrected chi connectivity index (χ4v) is 6.94. The molecule has 0 saturated heterocycles. The van der Waals surface area contributed by atoms with Gasteiger partial charge in [0.1, 0.15) is 5.69 Å². The fraction of sp³-hybridized carbons (Fsp3) is 0.344. The van der Waals surface area contributed by atoms with Gasteiger partial charge in [0.2, 0.25) is 5.91 Å². The topological polar surface area (TPSA) is 76.0 Å². The van der Waals surface area contributed by atoms with Crippen molar-refractivity contribution in [2.45, 2.75) is 51.1 Å². The van der Waals surface area contributed by atoms with Crippen LogP contribution in [0.3, 0.4) is 0 Å². The molecule has 1 aromatic heterocycles. The van der Waals surface area contributed by atoms with E-state index in [1.165, 1.54) is 6.92 Å². The largest absolute Gasteiger partial charge is 0.323 e. The maximum atomic E-state index is 15.6. The van der Waals surface area contributed by atoms with Crippen LogP contribution in [0.25, 0.3) is 22.0 Å². The van der Waals surface area contributed by atoms with Gasteiger partial charge in [-0.15, -0.1) is 0 Å². The first kappa shape index (κ1) is 26.7. The molecule has 1 unspecified atom stereocenters. The molecule has 1 heterocycles. The molecule has 3 fully saturated rings. The molecule has 0 spiro atoms. The molecular formula is C32H32ClFN4O2. The quantitative estimate of drug-likeness (QED) is 0.231. The highest BCUT2D eigenvalue weighted by molar-refractivity contribution is 6.33. The summed E-state index contributed by atoms with van der Waals surface area (Å²) in [4.78, 5) is 25.9. The van der Waals surface area contributed by atoms with Crippen LogP contribution in [0.5, 0.6) is 0 Å². The Morgan fingerprint density at radius 2 is 1.75 bits per heavy atom. The second kappa shape index (κ2) is 10.8. The molecule has 2 N–H and O–H groups in total. The number of aromatic nitrogens is 2. The molecule has 0 aliphatic heterocycles. The Kier molecular flexibility index (Phi) is 7.19. The first-order valence-corrected chi connectivity index (χ1v) is 14.3.